The Kier molecular flexibility index (Phi) is 55.8. The van der Waals surface area contributed by atoms with Crippen LogP contribution in [0, 0.1) is 0 Å². The van der Waals surface area contributed by atoms with Gasteiger partial charge in [0.2, 0.25) is 0 Å². The number of ether oxygens (including phenoxy) is 3. The normalized spacial score (nSPS) is 12.6. The monoisotopic (exact) mass is 977 g/mol. The van der Waals surface area contributed by atoms with Gasteiger partial charge in [-0.3, -0.25) is 14.4 Å². The van der Waals surface area contributed by atoms with Crippen LogP contribution in [-0.2, 0) is 28.6 Å². The molecule has 0 fully saturated rings. The fourth-order valence-corrected chi connectivity index (χ4v) is 8.34. The summed E-state index contributed by atoms with van der Waals surface area (Å²) < 4.78 is 16.9. The molecule has 0 heterocycles. The van der Waals surface area contributed by atoms with E-state index in [2.05, 4.69) is 93.7 Å². The summed E-state index contributed by atoms with van der Waals surface area (Å²) >= 11 is 0. The average Bonchev–Trinajstić information content (AvgIpc) is 3.36. The predicted molar refractivity (Wildman–Crippen MR) is 302 cm³/mol. The van der Waals surface area contributed by atoms with Crippen LogP contribution in [0.4, 0.5) is 0 Å². The zero-order valence-corrected chi connectivity index (χ0v) is 46.3. The van der Waals surface area contributed by atoms with E-state index in [9.17, 15) is 14.4 Å². The summed E-state index contributed by atoms with van der Waals surface area (Å²) in [7, 11) is 0. The van der Waals surface area contributed by atoms with Crippen LogP contribution in [0.15, 0.2) is 72.9 Å². The summed E-state index contributed by atoms with van der Waals surface area (Å²) in [5.74, 6) is -0.895. The van der Waals surface area contributed by atoms with Crippen LogP contribution < -0.4 is 0 Å². The molecular weight excluding hydrogens is 865 g/mol. The first kappa shape index (κ1) is 66.9. The molecular formula is C64H112O6. The molecule has 0 N–H and O–H groups in total. The van der Waals surface area contributed by atoms with E-state index in [0.717, 1.165) is 89.9 Å². The number of esters is 3. The third-order valence-electron chi connectivity index (χ3n) is 12.9. The van der Waals surface area contributed by atoms with Crippen LogP contribution in [0.25, 0.3) is 0 Å². The van der Waals surface area contributed by atoms with Crippen molar-refractivity contribution < 1.29 is 28.6 Å². The van der Waals surface area contributed by atoms with Crippen molar-refractivity contribution in [1.82, 2.24) is 0 Å². The van der Waals surface area contributed by atoms with Gasteiger partial charge in [-0.15, -0.1) is 0 Å². The summed E-state index contributed by atoms with van der Waals surface area (Å²) in [4.78, 5) is 38.2. The Balaban J connectivity index is 4.38. The number of hydrogen-bond donors (Lipinski definition) is 0. The standard InChI is InChI=1S/C64H112O6/c1-4-7-10-13-16-19-22-25-28-30-32-34-36-39-42-45-48-51-54-57-63(66)69-60-61(59-68-62(65)56-53-50-47-44-41-38-27-24-21-18-15-12-9-6-3)70-64(67)58-55-52-49-46-43-40-37-35-33-31-29-26-23-20-17-14-11-8-5-2/h15-20,24-29,61H,4-14,21-23,30-60H2,1-3H3/b18-15-,19-16-,20-17-,27-24-,28-25-,29-26-/t61-/m1/s1. The first-order valence-corrected chi connectivity index (χ1v) is 29.9. The summed E-state index contributed by atoms with van der Waals surface area (Å²) in [6.07, 6.45) is 74.6. The van der Waals surface area contributed by atoms with E-state index in [1.807, 2.05) is 0 Å². The van der Waals surface area contributed by atoms with Gasteiger partial charge in [0.1, 0.15) is 13.2 Å². The zero-order valence-electron chi connectivity index (χ0n) is 46.3. The van der Waals surface area contributed by atoms with Gasteiger partial charge < -0.3 is 14.2 Å². The summed E-state index contributed by atoms with van der Waals surface area (Å²) in [6, 6.07) is 0. The van der Waals surface area contributed by atoms with Gasteiger partial charge in [0.25, 0.3) is 0 Å². The molecule has 0 spiro atoms. The minimum atomic E-state index is -0.786. The lowest BCUT2D eigenvalue weighted by atomic mass is 10.1. The lowest BCUT2D eigenvalue weighted by molar-refractivity contribution is -0.167. The van der Waals surface area contributed by atoms with Crippen LogP contribution in [0.3, 0.4) is 0 Å². The van der Waals surface area contributed by atoms with Crippen molar-refractivity contribution in [3.8, 4) is 0 Å². The Labute approximate surface area is 433 Å². The molecule has 1 atom stereocenters. The second-order valence-corrected chi connectivity index (χ2v) is 19.9. The molecule has 0 bridgehead atoms. The first-order chi connectivity index (χ1) is 34.5. The van der Waals surface area contributed by atoms with Gasteiger partial charge in [-0.2, -0.15) is 0 Å². The van der Waals surface area contributed by atoms with Crippen molar-refractivity contribution in [3.63, 3.8) is 0 Å². The van der Waals surface area contributed by atoms with Gasteiger partial charge in [-0.05, 0) is 109 Å². The molecule has 6 nitrogen and oxygen atoms in total. The smallest absolute Gasteiger partial charge is 0.306 e. The van der Waals surface area contributed by atoms with Crippen molar-refractivity contribution in [3.05, 3.63) is 72.9 Å². The molecule has 404 valence electrons. The molecule has 0 aliphatic rings. The van der Waals surface area contributed by atoms with Gasteiger partial charge in [0.15, 0.2) is 6.10 Å². The molecule has 0 aromatic carbocycles. The zero-order chi connectivity index (χ0) is 50.7. The second kappa shape index (κ2) is 58.4. The molecule has 0 amide bonds. The maximum atomic E-state index is 12.9. The molecule has 0 saturated carbocycles. The predicted octanol–water partition coefficient (Wildman–Crippen LogP) is 20.2. The maximum Gasteiger partial charge on any atom is 0.306 e. The molecule has 0 aromatic heterocycles. The van der Waals surface area contributed by atoms with Gasteiger partial charge in [-0.25, -0.2) is 0 Å². The SMILES string of the molecule is CCCC/C=C\C/C=C\CCCCCCCC(=O)OC[C@H](COC(=O)CCCCCCCCCCC/C=C\C/C=C\CCCCC)OC(=O)CCCCCCCCCCC/C=C\C/C=C\CCCCC. The lowest BCUT2D eigenvalue weighted by Gasteiger charge is -2.18. The summed E-state index contributed by atoms with van der Waals surface area (Å²) in [6.45, 7) is 6.56. The minimum absolute atomic E-state index is 0.0831. The number of carbonyl (C=O) groups is 3. The van der Waals surface area contributed by atoms with Crippen molar-refractivity contribution >= 4 is 17.9 Å². The maximum absolute atomic E-state index is 12.9. The van der Waals surface area contributed by atoms with Crippen molar-refractivity contribution in [1.29, 1.82) is 0 Å². The molecule has 0 rings (SSSR count). The highest BCUT2D eigenvalue weighted by molar-refractivity contribution is 5.71. The molecule has 70 heavy (non-hydrogen) atoms. The van der Waals surface area contributed by atoms with Crippen LogP contribution in [0.5, 0.6) is 0 Å². The van der Waals surface area contributed by atoms with E-state index >= 15 is 0 Å². The second-order valence-electron chi connectivity index (χ2n) is 19.9. The molecule has 0 aliphatic carbocycles. The molecule has 0 aromatic rings. The Morgan fingerprint density at radius 1 is 0.286 bits per heavy atom. The summed E-state index contributed by atoms with van der Waals surface area (Å²) in [5.41, 5.74) is 0. The Morgan fingerprint density at radius 2 is 0.529 bits per heavy atom. The average molecular weight is 978 g/mol. The number of unbranched alkanes of at least 4 members (excludes halogenated alkanes) is 31. The fourth-order valence-electron chi connectivity index (χ4n) is 8.34. The quantitative estimate of drug-likeness (QED) is 0.0261. The number of hydrogen-bond acceptors (Lipinski definition) is 6. The third kappa shape index (κ3) is 55.8. The highest BCUT2D eigenvalue weighted by Crippen LogP contribution is 2.15. The highest BCUT2D eigenvalue weighted by atomic mass is 16.6. The Hall–Kier alpha value is -3.15. The number of carbonyl (C=O) groups excluding carboxylic acids is 3. The Morgan fingerprint density at radius 3 is 0.829 bits per heavy atom. The molecule has 0 radical (unpaired) electrons. The van der Waals surface area contributed by atoms with Crippen molar-refractivity contribution in [2.45, 2.75) is 303 Å². The van der Waals surface area contributed by atoms with Crippen molar-refractivity contribution in [2.24, 2.45) is 0 Å². The third-order valence-corrected chi connectivity index (χ3v) is 12.9. The van der Waals surface area contributed by atoms with Gasteiger partial charge in [-0.1, -0.05) is 241 Å². The van der Waals surface area contributed by atoms with E-state index in [4.69, 9.17) is 14.2 Å². The van der Waals surface area contributed by atoms with E-state index in [0.29, 0.717) is 19.3 Å². The molecule has 0 saturated heterocycles. The van der Waals surface area contributed by atoms with E-state index in [1.165, 1.54) is 167 Å². The van der Waals surface area contributed by atoms with Crippen LogP contribution in [-0.4, -0.2) is 37.2 Å². The van der Waals surface area contributed by atoms with Crippen LogP contribution >= 0.6 is 0 Å². The Bertz CT molecular complexity index is 1310. The highest BCUT2D eigenvalue weighted by Gasteiger charge is 2.19. The van der Waals surface area contributed by atoms with E-state index in [-0.39, 0.29) is 31.1 Å². The molecule has 0 unspecified atom stereocenters. The molecule has 6 heteroatoms. The van der Waals surface area contributed by atoms with Gasteiger partial charge in [0, 0.05) is 19.3 Å². The van der Waals surface area contributed by atoms with Crippen molar-refractivity contribution in [2.75, 3.05) is 13.2 Å². The lowest BCUT2D eigenvalue weighted by Crippen LogP contribution is -2.30. The first-order valence-electron chi connectivity index (χ1n) is 29.9. The number of allylic oxidation sites excluding steroid dienone is 12. The van der Waals surface area contributed by atoms with E-state index < -0.39 is 6.10 Å². The summed E-state index contributed by atoms with van der Waals surface area (Å²) in [5, 5.41) is 0. The van der Waals surface area contributed by atoms with Crippen LogP contribution in [0.2, 0.25) is 0 Å². The topological polar surface area (TPSA) is 78.9 Å². The van der Waals surface area contributed by atoms with Crippen LogP contribution in [0.1, 0.15) is 297 Å². The number of rotatable bonds is 54. The van der Waals surface area contributed by atoms with Gasteiger partial charge in [0.05, 0.1) is 0 Å². The largest absolute Gasteiger partial charge is 0.462 e. The molecule has 0 aliphatic heterocycles. The van der Waals surface area contributed by atoms with E-state index in [1.54, 1.807) is 0 Å². The van der Waals surface area contributed by atoms with Gasteiger partial charge >= 0.3 is 17.9 Å². The minimum Gasteiger partial charge on any atom is -0.462 e. The fraction of sp³-hybridized carbons (Fsp3) is 0.766.